The fourth-order valence-electron chi connectivity index (χ4n) is 3.78. The van der Waals surface area contributed by atoms with Crippen LogP contribution in [0.15, 0.2) is 116 Å². The second kappa shape index (κ2) is 10.2. The van der Waals surface area contributed by atoms with Gasteiger partial charge in [-0.05, 0) is 53.5 Å². The van der Waals surface area contributed by atoms with Crippen molar-refractivity contribution in [3.8, 4) is 6.07 Å². The van der Waals surface area contributed by atoms with Crippen LogP contribution in [-0.4, -0.2) is 0 Å². The standard InChI is InChI=1S/C15H13N2.C13H7N2.Au/c1-3-7-14(8-4-1)16-11-12-17(13-16)15-9-5-2-6-10-15;14-8-9-4-3-7-12-13(9)10-5-1-2-6-11(10)15-12;/h1-13H;1-7H;/q2*-1;. The van der Waals surface area contributed by atoms with E-state index in [2.05, 4.69) is 64.2 Å². The van der Waals surface area contributed by atoms with Crippen LogP contribution in [-0.2, 0) is 22.4 Å². The average Bonchev–Trinajstić information content (AvgIpc) is 3.51. The summed E-state index contributed by atoms with van der Waals surface area (Å²) in [7, 11) is 0. The average molecular weight is 609 g/mol. The number of hydrogen-bond donors (Lipinski definition) is 0. The first kappa shape index (κ1) is 22.4. The van der Waals surface area contributed by atoms with Crippen molar-refractivity contribution in [3.63, 3.8) is 0 Å². The van der Waals surface area contributed by atoms with Crippen LogP contribution in [0.3, 0.4) is 0 Å². The van der Waals surface area contributed by atoms with Crippen LogP contribution in [0.4, 0.5) is 11.4 Å². The molecule has 6 rings (SSSR count). The molecule has 1 aromatic heterocycles. The van der Waals surface area contributed by atoms with Gasteiger partial charge in [0.2, 0.25) is 0 Å². The molecular weight excluding hydrogens is 589 g/mol. The molecule has 1 aliphatic heterocycles. The largest absolute Gasteiger partial charge is 0.657 e. The number of aromatic nitrogens is 1. The van der Waals surface area contributed by atoms with E-state index in [4.69, 9.17) is 5.26 Å². The minimum atomic E-state index is 0. The topological polar surface area (TPSA) is 44.4 Å². The monoisotopic (exact) mass is 609 g/mol. The summed E-state index contributed by atoms with van der Waals surface area (Å²) in [5.74, 6) is 0. The summed E-state index contributed by atoms with van der Waals surface area (Å²) in [6.07, 6.45) is 4.12. The minimum Gasteiger partial charge on any atom is -0.657 e. The first-order valence-corrected chi connectivity index (χ1v) is 10.4. The van der Waals surface area contributed by atoms with E-state index in [1.165, 1.54) is 11.4 Å². The van der Waals surface area contributed by atoms with E-state index in [1.807, 2.05) is 78.9 Å². The molecule has 0 aliphatic carbocycles. The van der Waals surface area contributed by atoms with Crippen molar-refractivity contribution >= 4 is 33.2 Å². The fraction of sp³-hybridized carbons (Fsp3) is 0. The Morgan fingerprint density at radius 2 is 1.18 bits per heavy atom. The number of nitrogens with zero attached hydrogens (tertiary/aromatic N) is 4. The quantitative estimate of drug-likeness (QED) is 0.171. The van der Waals surface area contributed by atoms with Crippen molar-refractivity contribution in [1.29, 1.82) is 5.26 Å². The number of anilines is 2. The van der Waals surface area contributed by atoms with Gasteiger partial charge in [-0.2, -0.15) is 5.26 Å². The second-order valence-electron chi connectivity index (χ2n) is 7.34. The van der Waals surface area contributed by atoms with Crippen molar-refractivity contribution in [2.24, 2.45) is 0 Å². The number of benzene rings is 4. The van der Waals surface area contributed by atoms with Crippen LogP contribution in [0, 0.1) is 18.0 Å². The van der Waals surface area contributed by atoms with E-state index in [0.29, 0.717) is 5.56 Å². The van der Waals surface area contributed by atoms with Gasteiger partial charge in [0.25, 0.3) is 0 Å². The summed E-state index contributed by atoms with van der Waals surface area (Å²) in [5.41, 5.74) is 4.89. The predicted molar refractivity (Wildman–Crippen MR) is 131 cm³/mol. The summed E-state index contributed by atoms with van der Waals surface area (Å²) in [6, 6.07) is 36.3. The Kier molecular flexibility index (Phi) is 6.97. The molecule has 0 amide bonds. The first-order valence-electron chi connectivity index (χ1n) is 10.4. The second-order valence-corrected chi connectivity index (χ2v) is 7.34. The Bertz CT molecular complexity index is 1370. The Hall–Kier alpha value is -3.75. The van der Waals surface area contributed by atoms with E-state index in [-0.39, 0.29) is 22.4 Å². The van der Waals surface area contributed by atoms with Gasteiger partial charge in [-0.15, -0.1) is 17.7 Å². The first-order chi connectivity index (χ1) is 15.8. The molecule has 4 aromatic carbocycles. The molecule has 0 saturated heterocycles. The third kappa shape index (κ3) is 4.72. The molecule has 1 aliphatic rings. The summed E-state index contributed by atoms with van der Waals surface area (Å²) < 4.78 is 0. The molecule has 5 aromatic rings. The molecule has 0 unspecified atom stereocenters. The normalized spacial score (nSPS) is 12.2. The fourth-order valence-corrected chi connectivity index (χ4v) is 3.78. The maximum absolute atomic E-state index is 9.04. The third-order valence-electron chi connectivity index (χ3n) is 5.32. The smallest absolute Gasteiger partial charge is 0.0997 e. The van der Waals surface area contributed by atoms with Crippen molar-refractivity contribution < 1.29 is 22.4 Å². The summed E-state index contributed by atoms with van der Waals surface area (Å²) in [5, 5.41) is 11.1. The zero-order valence-corrected chi connectivity index (χ0v) is 19.8. The number of rotatable bonds is 2. The Labute approximate surface area is 208 Å². The number of nitriles is 1. The van der Waals surface area contributed by atoms with Gasteiger partial charge in [0.1, 0.15) is 0 Å². The minimum absolute atomic E-state index is 0. The molecule has 0 atom stereocenters. The molecular formula is C28H20AuN4-2. The molecule has 2 heterocycles. The predicted octanol–water partition coefficient (Wildman–Crippen LogP) is 6.42. The zero-order valence-electron chi connectivity index (χ0n) is 17.6. The van der Waals surface area contributed by atoms with E-state index in [1.54, 1.807) is 0 Å². The summed E-state index contributed by atoms with van der Waals surface area (Å²) >= 11 is 0. The van der Waals surface area contributed by atoms with E-state index in [0.717, 1.165) is 21.8 Å². The van der Waals surface area contributed by atoms with Crippen molar-refractivity contribution in [3.05, 3.63) is 128 Å². The summed E-state index contributed by atoms with van der Waals surface area (Å²) in [6.45, 7) is 2.07. The zero-order chi connectivity index (χ0) is 21.8. The molecule has 33 heavy (non-hydrogen) atoms. The van der Waals surface area contributed by atoms with Gasteiger partial charge in [0, 0.05) is 33.8 Å². The molecule has 0 fully saturated rings. The Balaban J connectivity index is 0.000000153. The van der Waals surface area contributed by atoms with Gasteiger partial charge in [-0.1, -0.05) is 72.8 Å². The number of hydrogen-bond acceptors (Lipinski definition) is 3. The van der Waals surface area contributed by atoms with Crippen molar-refractivity contribution in [1.82, 2.24) is 4.98 Å². The Morgan fingerprint density at radius 3 is 1.79 bits per heavy atom. The van der Waals surface area contributed by atoms with Crippen LogP contribution >= 0.6 is 0 Å². The van der Waals surface area contributed by atoms with Gasteiger partial charge in [-0.3, -0.25) is 0 Å². The molecule has 4 nitrogen and oxygen atoms in total. The van der Waals surface area contributed by atoms with Crippen molar-refractivity contribution in [2.75, 3.05) is 9.80 Å². The van der Waals surface area contributed by atoms with E-state index in [9.17, 15) is 0 Å². The van der Waals surface area contributed by atoms with Gasteiger partial charge in [0.05, 0.1) is 11.6 Å². The van der Waals surface area contributed by atoms with Crippen LogP contribution in [0.25, 0.3) is 21.8 Å². The molecule has 0 N–H and O–H groups in total. The van der Waals surface area contributed by atoms with Gasteiger partial charge in [0.15, 0.2) is 0 Å². The summed E-state index contributed by atoms with van der Waals surface area (Å²) in [4.78, 5) is 8.68. The van der Waals surface area contributed by atoms with E-state index < -0.39 is 0 Å². The molecule has 0 spiro atoms. The van der Waals surface area contributed by atoms with Crippen LogP contribution < -0.4 is 14.8 Å². The molecule has 0 saturated carbocycles. The Morgan fingerprint density at radius 1 is 0.636 bits per heavy atom. The molecule has 0 bridgehead atoms. The van der Waals surface area contributed by atoms with Crippen LogP contribution in [0.1, 0.15) is 5.56 Å². The van der Waals surface area contributed by atoms with Crippen molar-refractivity contribution in [2.45, 2.75) is 0 Å². The van der Waals surface area contributed by atoms with E-state index >= 15 is 0 Å². The van der Waals surface area contributed by atoms with Crippen LogP contribution in [0.2, 0.25) is 0 Å². The van der Waals surface area contributed by atoms with Crippen LogP contribution in [0.5, 0.6) is 0 Å². The number of fused-ring (bicyclic) bond motifs is 3. The van der Waals surface area contributed by atoms with Gasteiger partial charge in [-0.25, -0.2) is 0 Å². The SMILES string of the molecule is C1=CN(c2ccccc2)[CH-]N1c1ccccc1.N#Cc1cccc2[n-]c3ccccc3c12.[Au]. The molecule has 5 heteroatoms. The molecule has 165 valence electrons. The number of para-hydroxylation sites is 3. The third-order valence-corrected chi connectivity index (χ3v) is 5.32. The maximum atomic E-state index is 9.04. The van der Waals surface area contributed by atoms with Gasteiger partial charge < -0.3 is 14.8 Å². The van der Waals surface area contributed by atoms with Gasteiger partial charge >= 0.3 is 0 Å². The molecule has 1 radical (unpaired) electrons. The maximum Gasteiger partial charge on any atom is 0.0997 e.